The van der Waals surface area contributed by atoms with Crippen LogP contribution in [0.4, 0.5) is 14.5 Å². The highest BCUT2D eigenvalue weighted by Crippen LogP contribution is 2.21. The van der Waals surface area contributed by atoms with E-state index in [4.69, 9.17) is 12.2 Å². The van der Waals surface area contributed by atoms with E-state index in [0.717, 1.165) is 18.2 Å². The number of rotatable bonds is 1. The Morgan fingerprint density at radius 2 is 2.14 bits per heavy atom. The number of nitrogens with one attached hydrogen (secondary N) is 1. The van der Waals surface area contributed by atoms with E-state index in [1.807, 2.05) is 0 Å². The van der Waals surface area contributed by atoms with E-state index in [0.29, 0.717) is 18.2 Å². The third kappa shape index (κ3) is 1.55. The molecule has 1 saturated heterocycles. The van der Waals surface area contributed by atoms with Crippen molar-refractivity contribution in [3.05, 3.63) is 29.8 Å². The minimum absolute atomic E-state index is 0.194. The summed E-state index contributed by atoms with van der Waals surface area (Å²) >= 11 is 4.95. The molecule has 0 unspecified atom stereocenters. The molecule has 5 heteroatoms. The van der Waals surface area contributed by atoms with Crippen LogP contribution in [0.1, 0.15) is 0 Å². The van der Waals surface area contributed by atoms with Gasteiger partial charge in [-0.25, -0.2) is 8.78 Å². The van der Waals surface area contributed by atoms with Crippen molar-refractivity contribution in [2.75, 3.05) is 18.0 Å². The molecule has 2 rings (SSSR count). The van der Waals surface area contributed by atoms with Crippen LogP contribution in [0, 0.1) is 11.6 Å². The number of hydrogen-bond donors (Lipinski definition) is 1. The van der Waals surface area contributed by atoms with Gasteiger partial charge in [-0.05, 0) is 24.4 Å². The average molecular weight is 214 g/mol. The molecule has 1 aromatic rings. The highest BCUT2D eigenvalue weighted by atomic mass is 32.1. The number of hydrogen-bond acceptors (Lipinski definition) is 1. The summed E-state index contributed by atoms with van der Waals surface area (Å²) in [7, 11) is 0. The maximum atomic E-state index is 13.3. The fraction of sp³-hybridized carbons (Fsp3) is 0.222. The van der Waals surface area contributed by atoms with Gasteiger partial charge in [0, 0.05) is 19.2 Å². The van der Waals surface area contributed by atoms with E-state index in [2.05, 4.69) is 5.32 Å². The summed E-state index contributed by atoms with van der Waals surface area (Å²) in [6.07, 6.45) is 0. The van der Waals surface area contributed by atoms with Gasteiger partial charge in [0.25, 0.3) is 0 Å². The van der Waals surface area contributed by atoms with Gasteiger partial charge < -0.3 is 10.2 Å². The second kappa shape index (κ2) is 3.49. The van der Waals surface area contributed by atoms with Crippen molar-refractivity contribution in [2.24, 2.45) is 0 Å². The van der Waals surface area contributed by atoms with Gasteiger partial charge in [0.1, 0.15) is 11.6 Å². The smallest absolute Gasteiger partial charge is 0.173 e. The van der Waals surface area contributed by atoms with E-state index >= 15 is 0 Å². The molecule has 0 atom stereocenters. The van der Waals surface area contributed by atoms with Crippen LogP contribution in [0.3, 0.4) is 0 Å². The van der Waals surface area contributed by atoms with Crippen molar-refractivity contribution in [3.63, 3.8) is 0 Å². The van der Waals surface area contributed by atoms with Gasteiger partial charge in [0.15, 0.2) is 5.11 Å². The van der Waals surface area contributed by atoms with Gasteiger partial charge in [-0.1, -0.05) is 0 Å². The first kappa shape index (κ1) is 9.33. The van der Waals surface area contributed by atoms with Gasteiger partial charge in [-0.2, -0.15) is 0 Å². The molecule has 14 heavy (non-hydrogen) atoms. The first-order valence-corrected chi connectivity index (χ1v) is 4.60. The summed E-state index contributed by atoms with van der Waals surface area (Å²) in [4.78, 5) is 1.55. The molecule has 0 aliphatic carbocycles. The lowest BCUT2D eigenvalue weighted by Crippen LogP contribution is -2.28. The number of benzene rings is 1. The Morgan fingerprint density at radius 3 is 2.79 bits per heavy atom. The molecular weight excluding hydrogens is 206 g/mol. The molecule has 1 fully saturated rings. The minimum atomic E-state index is -0.462. The van der Waals surface area contributed by atoms with Crippen LogP contribution in [0.2, 0.25) is 0 Å². The molecule has 2 nitrogen and oxygen atoms in total. The zero-order chi connectivity index (χ0) is 10.1. The lowest BCUT2D eigenvalue weighted by molar-refractivity contribution is 0.600. The summed E-state index contributed by atoms with van der Waals surface area (Å²) in [5.74, 6) is -0.923. The van der Waals surface area contributed by atoms with Crippen LogP contribution in [-0.2, 0) is 0 Å². The maximum absolute atomic E-state index is 13.3. The standard InChI is InChI=1S/C9H8F2N2S/c10-6-1-2-7(11)8(5-6)13-4-3-12-9(13)14/h1-2,5H,3-4H2,(H,12,14). The molecule has 0 saturated carbocycles. The molecule has 74 valence electrons. The van der Waals surface area contributed by atoms with Crippen molar-refractivity contribution in [2.45, 2.75) is 0 Å². The van der Waals surface area contributed by atoms with Gasteiger partial charge >= 0.3 is 0 Å². The normalized spacial score (nSPS) is 15.9. The van der Waals surface area contributed by atoms with Crippen molar-refractivity contribution in [1.82, 2.24) is 5.32 Å². The quantitative estimate of drug-likeness (QED) is 0.716. The summed E-state index contributed by atoms with van der Waals surface area (Å²) in [5, 5.41) is 3.32. The second-order valence-electron chi connectivity index (χ2n) is 2.98. The van der Waals surface area contributed by atoms with E-state index in [1.54, 1.807) is 4.90 Å². The fourth-order valence-electron chi connectivity index (χ4n) is 1.39. The van der Waals surface area contributed by atoms with E-state index < -0.39 is 11.6 Å². The summed E-state index contributed by atoms with van der Waals surface area (Å²) in [5.41, 5.74) is 0.194. The molecule has 1 N–H and O–H groups in total. The Labute approximate surface area is 85.5 Å². The third-order valence-corrected chi connectivity index (χ3v) is 2.42. The molecule has 0 amide bonds. The molecule has 0 bridgehead atoms. The minimum Gasteiger partial charge on any atom is -0.360 e. The Morgan fingerprint density at radius 1 is 1.36 bits per heavy atom. The Hall–Kier alpha value is -1.23. The van der Waals surface area contributed by atoms with E-state index in [-0.39, 0.29) is 5.69 Å². The number of halogens is 2. The largest absolute Gasteiger partial charge is 0.360 e. The van der Waals surface area contributed by atoms with E-state index in [9.17, 15) is 8.78 Å². The van der Waals surface area contributed by atoms with Gasteiger partial charge in [0.05, 0.1) is 5.69 Å². The Balaban J connectivity index is 2.39. The van der Waals surface area contributed by atoms with Crippen LogP contribution in [0.5, 0.6) is 0 Å². The maximum Gasteiger partial charge on any atom is 0.173 e. The summed E-state index contributed by atoms with van der Waals surface area (Å²) in [6.45, 7) is 1.23. The second-order valence-corrected chi connectivity index (χ2v) is 3.37. The SMILES string of the molecule is Fc1ccc(F)c(N2CCNC2=S)c1. The summed E-state index contributed by atoms with van der Waals surface area (Å²) in [6, 6.07) is 3.34. The van der Waals surface area contributed by atoms with E-state index in [1.165, 1.54) is 0 Å². The van der Waals surface area contributed by atoms with Crippen molar-refractivity contribution >= 4 is 23.0 Å². The molecule has 0 aromatic heterocycles. The zero-order valence-electron chi connectivity index (χ0n) is 7.26. The predicted molar refractivity (Wildman–Crippen MR) is 54.3 cm³/mol. The molecule has 1 aliphatic rings. The van der Waals surface area contributed by atoms with Crippen LogP contribution < -0.4 is 10.2 Å². The van der Waals surface area contributed by atoms with Crippen LogP contribution in [0.25, 0.3) is 0 Å². The zero-order valence-corrected chi connectivity index (χ0v) is 8.07. The van der Waals surface area contributed by atoms with Gasteiger partial charge in [-0.3, -0.25) is 0 Å². The Kier molecular flexibility index (Phi) is 2.33. The molecular formula is C9H8F2N2S. The monoisotopic (exact) mass is 214 g/mol. The number of nitrogens with zero attached hydrogens (tertiary/aromatic N) is 1. The van der Waals surface area contributed by atoms with Gasteiger partial charge in [0.2, 0.25) is 0 Å². The van der Waals surface area contributed by atoms with Crippen LogP contribution >= 0.6 is 12.2 Å². The average Bonchev–Trinajstić information content (AvgIpc) is 2.56. The summed E-state index contributed by atoms with van der Waals surface area (Å²) < 4.78 is 26.2. The molecule has 0 spiro atoms. The lowest BCUT2D eigenvalue weighted by atomic mass is 10.3. The molecule has 1 aliphatic heterocycles. The predicted octanol–water partition coefficient (Wildman–Crippen LogP) is 1.66. The topological polar surface area (TPSA) is 15.3 Å². The fourth-order valence-corrected chi connectivity index (χ4v) is 1.69. The highest BCUT2D eigenvalue weighted by molar-refractivity contribution is 7.80. The van der Waals surface area contributed by atoms with Crippen LogP contribution in [-0.4, -0.2) is 18.2 Å². The van der Waals surface area contributed by atoms with Gasteiger partial charge in [-0.15, -0.1) is 0 Å². The molecule has 0 radical (unpaired) electrons. The van der Waals surface area contributed by atoms with Crippen LogP contribution in [0.15, 0.2) is 18.2 Å². The molecule has 1 heterocycles. The number of anilines is 1. The number of thiocarbonyl (C=S) groups is 1. The lowest BCUT2D eigenvalue weighted by Gasteiger charge is -2.17. The first-order valence-electron chi connectivity index (χ1n) is 4.19. The molecule has 1 aromatic carbocycles. The third-order valence-electron chi connectivity index (χ3n) is 2.06. The highest BCUT2D eigenvalue weighted by Gasteiger charge is 2.20. The van der Waals surface area contributed by atoms with Crippen molar-refractivity contribution in [1.29, 1.82) is 0 Å². The first-order chi connectivity index (χ1) is 6.68. The Bertz CT molecular complexity index is 381. The van der Waals surface area contributed by atoms with Crippen molar-refractivity contribution in [3.8, 4) is 0 Å². The van der Waals surface area contributed by atoms with Crippen molar-refractivity contribution < 1.29 is 8.78 Å².